The van der Waals surface area contributed by atoms with Gasteiger partial charge in [-0.1, -0.05) is 18.2 Å². The zero-order valence-electron chi connectivity index (χ0n) is 13.3. The van der Waals surface area contributed by atoms with Crippen LogP contribution in [0.1, 0.15) is 24.4 Å². The molecule has 2 heterocycles. The van der Waals surface area contributed by atoms with Crippen LogP contribution < -0.4 is 10.1 Å². The summed E-state index contributed by atoms with van der Waals surface area (Å²) in [6.45, 7) is 4.78. The average molecular weight is 306 g/mol. The minimum Gasteiger partial charge on any atom is -0.496 e. The molecule has 122 valence electrons. The number of β-amino-alcohol motifs (C(OH)–C–C–N with tert-alkyl or cyclic N) is 1. The molecule has 0 aromatic heterocycles. The molecular formula is C17H26N2O3. The molecule has 1 aromatic rings. The number of hydrogen-bond acceptors (Lipinski definition) is 5. The van der Waals surface area contributed by atoms with Crippen molar-refractivity contribution in [3.8, 4) is 5.75 Å². The highest BCUT2D eigenvalue weighted by molar-refractivity contribution is 5.36. The first-order chi connectivity index (χ1) is 10.7. The van der Waals surface area contributed by atoms with Crippen LogP contribution in [0.2, 0.25) is 0 Å². The molecule has 0 bridgehead atoms. The first-order valence-corrected chi connectivity index (χ1v) is 8.10. The van der Waals surface area contributed by atoms with Crippen molar-refractivity contribution in [1.29, 1.82) is 0 Å². The molecule has 2 saturated heterocycles. The fraction of sp³-hybridized carbons (Fsp3) is 0.647. The van der Waals surface area contributed by atoms with Crippen molar-refractivity contribution in [1.82, 2.24) is 10.2 Å². The van der Waals surface area contributed by atoms with Crippen LogP contribution in [0.3, 0.4) is 0 Å². The summed E-state index contributed by atoms with van der Waals surface area (Å²) in [7, 11) is 1.71. The van der Waals surface area contributed by atoms with Gasteiger partial charge < -0.3 is 19.9 Å². The molecule has 1 aromatic carbocycles. The lowest BCUT2D eigenvalue weighted by Crippen LogP contribution is -2.53. The first kappa shape index (κ1) is 15.7. The van der Waals surface area contributed by atoms with E-state index in [0.717, 1.165) is 38.2 Å². The van der Waals surface area contributed by atoms with Gasteiger partial charge in [-0.25, -0.2) is 0 Å². The maximum atomic E-state index is 10.8. The summed E-state index contributed by atoms with van der Waals surface area (Å²) in [6.07, 6.45) is 1.44. The lowest BCUT2D eigenvalue weighted by atomic mass is 9.91. The van der Waals surface area contributed by atoms with E-state index in [-0.39, 0.29) is 6.04 Å². The maximum Gasteiger partial charge on any atom is 0.123 e. The molecule has 5 nitrogen and oxygen atoms in total. The Kier molecular flexibility index (Phi) is 4.98. The molecule has 0 unspecified atom stereocenters. The summed E-state index contributed by atoms with van der Waals surface area (Å²) in [6, 6.07) is 8.41. The van der Waals surface area contributed by atoms with Gasteiger partial charge in [0.15, 0.2) is 0 Å². The molecule has 0 radical (unpaired) electrons. The SMILES string of the molecule is COc1ccccc1[C@@H]1CNCCN1CC1(O)CCOCC1. The summed E-state index contributed by atoms with van der Waals surface area (Å²) >= 11 is 0. The molecule has 2 fully saturated rings. The van der Waals surface area contributed by atoms with Gasteiger partial charge in [-0.05, 0) is 6.07 Å². The molecule has 0 aliphatic carbocycles. The van der Waals surface area contributed by atoms with Gasteiger partial charge in [-0.2, -0.15) is 0 Å². The van der Waals surface area contributed by atoms with E-state index in [1.807, 2.05) is 18.2 Å². The van der Waals surface area contributed by atoms with E-state index >= 15 is 0 Å². The molecule has 0 spiro atoms. The Morgan fingerprint density at radius 2 is 2.14 bits per heavy atom. The molecule has 2 aliphatic heterocycles. The Labute approximate surface area is 132 Å². The van der Waals surface area contributed by atoms with Crippen LogP contribution in [0.5, 0.6) is 5.75 Å². The highest BCUT2D eigenvalue weighted by Crippen LogP contribution is 2.32. The summed E-state index contributed by atoms with van der Waals surface area (Å²) < 4.78 is 10.9. The van der Waals surface area contributed by atoms with E-state index in [4.69, 9.17) is 9.47 Å². The number of hydrogen-bond donors (Lipinski definition) is 2. The number of benzene rings is 1. The summed E-state index contributed by atoms with van der Waals surface area (Å²) in [4.78, 5) is 2.39. The number of nitrogens with one attached hydrogen (secondary N) is 1. The number of nitrogens with zero attached hydrogens (tertiary/aromatic N) is 1. The van der Waals surface area contributed by atoms with Crippen molar-refractivity contribution < 1.29 is 14.6 Å². The van der Waals surface area contributed by atoms with Crippen molar-refractivity contribution in [2.24, 2.45) is 0 Å². The second kappa shape index (κ2) is 6.96. The Hall–Kier alpha value is -1.14. The highest BCUT2D eigenvalue weighted by Gasteiger charge is 2.36. The molecule has 3 rings (SSSR count). The first-order valence-electron chi connectivity index (χ1n) is 8.10. The predicted molar refractivity (Wildman–Crippen MR) is 85.2 cm³/mol. The van der Waals surface area contributed by atoms with Gasteiger partial charge in [0, 0.05) is 57.8 Å². The van der Waals surface area contributed by atoms with E-state index < -0.39 is 5.60 Å². The van der Waals surface area contributed by atoms with Crippen LogP contribution in [0.15, 0.2) is 24.3 Å². The number of methoxy groups -OCH3 is 1. The van der Waals surface area contributed by atoms with Crippen LogP contribution >= 0.6 is 0 Å². The number of para-hydroxylation sites is 1. The standard InChI is InChI=1S/C17H26N2O3/c1-21-16-5-3-2-4-14(16)15-12-18-8-9-19(15)13-17(20)6-10-22-11-7-17/h2-5,15,18,20H,6-13H2,1H3/t15-/m0/s1. The monoisotopic (exact) mass is 306 g/mol. The number of aliphatic hydroxyl groups is 1. The topological polar surface area (TPSA) is 54.0 Å². The van der Waals surface area contributed by atoms with Gasteiger partial charge in [-0.3, -0.25) is 4.90 Å². The van der Waals surface area contributed by atoms with Gasteiger partial charge in [0.2, 0.25) is 0 Å². The summed E-state index contributed by atoms with van der Waals surface area (Å²) in [5.74, 6) is 0.917. The highest BCUT2D eigenvalue weighted by atomic mass is 16.5. The Morgan fingerprint density at radius 3 is 2.91 bits per heavy atom. The van der Waals surface area contributed by atoms with Crippen molar-refractivity contribution >= 4 is 0 Å². The van der Waals surface area contributed by atoms with Gasteiger partial charge >= 0.3 is 0 Å². The minimum atomic E-state index is -0.629. The fourth-order valence-corrected chi connectivity index (χ4v) is 3.47. The molecular weight excluding hydrogens is 280 g/mol. The van der Waals surface area contributed by atoms with Crippen LogP contribution in [0.4, 0.5) is 0 Å². The Balaban J connectivity index is 1.79. The van der Waals surface area contributed by atoms with Crippen molar-refractivity contribution in [3.63, 3.8) is 0 Å². The van der Waals surface area contributed by atoms with E-state index in [1.54, 1.807) is 7.11 Å². The van der Waals surface area contributed by atoms with Gasteiger partial charge in [0.1, 0.15) is 5.75 Å². The van der Waals surface area contributed by atoms with Crippen LogP contribution in [-0.2, 0) is 4.74 Å². The van der Waals surface area contributed by atoms with Crippen molar-refractivity contribution in [3.05, 3.63) is 29.8 Å². The zero-order valence-corrected chi connectivity index (χ0v) is 13.3. The number of ether oxygens (including phenoxy) is 2. The third-order valence-corrected chi connectivity index (χ3v) is 4.77. The smallest absolute Gasteiger partial charge is 0.123 e. The lowest BCUT2D eigenvalue weighted by molar-refractivity contribution is -0.0874. The third kappa shape index (κ3) is 3.43. The average Bonchev–Trinajstić information content (AvgIpc) is 2.56. The molecule has 2 aliphatic rings. The number of rotatable bonds is 4. The predicted octanol–water partition coefficient (Wildman–Crippen LogP) is 1.18. The summed E-state index contributed by atoms with van der Waals surface area (Å²) in [5.41, 5.74) is 0.559. The van der Waals surface area contributed by atoms with Gasteiger partial charge in [-0.15, -0.1) is 0 Å². The van der Waals surface area contributed by atoms with Gasteiger partial charge in [0.05, 0.1) is 18.8 Å². The van der Waals surface area contributed by atoms with E-state index in [2.05, 4.69) is 16.3 Å². The van der Waals surface area contributed by atoms with E-state index in [0.29, 0.717) is 19.8 Å². The fourth-order valence-electron chi connectivity index (χ4n) is 3.47. The normalized spacial score (nSPS) is 25.8. The molecule has 1 atom stereocenters. The zero-order chi connectivity index (χ0) is 15.4. The minimum absolute atomic E-state index is 0.233. The third-order valence-electron chi connectivity index (χ3n) is 4.77. The largest absolute Gasteiger partial charge is 0.496 e. The maximum absolute atomic E-state index is 10.8. The quantitative estimate of drug-likeness (QED) is 0.875. The molecule has 0 amide bonds. The van der Waals surface area contributed by atoms with Crippen LogP contribution in [0, 0.1) is 0 Å². The second-order valence-corrected chi connectivity index (χ2v) is 6.27. The molecule has 22 heavy (non-hydrogen) atoms. The molecule has 0 saturated carbocycles. The van der Waals surface area contributed by atoms with Gasteiger partial charge in [0.25, 0.3) is 0 Å². The van der Waals surface area contributed by atoms with Crippen molar-refractivity contribution in [2.45, 2.75) is 24.5 Å². The van der Waals surface area contributed by atoms with E-state index in [9.17, 15) is 5.11 Å². The lowest BCUT2D eigenvalue weighted by Gasteiger charge is -2.43. The van der Waals surface area contributed by atoms with Crippen molar-refractivity contribution in [2.75, 3.05) is 46.5 Å². The Bertz CT molecular complexity index is 489. The molecule has 2 N–H and O–H groups in total. The van der Waals surface area contributed by atoms with Crippen LogP contribution in [0.25, 0.3) is 0 Å². The van der Waals surface area contributed by atoms with E-state index in [1.165, 1.54) is 5.56 Å². The van der Waals surface area contributed by atoms with Crippen LogP contribution in [-0.4, -0.2) is 62.1 Å². The second-order valence-electron chi connectivity index (χ2n) is 6.27. The summed E-state index contributed by atoms with van der Waals surface area (Å²) in [5, 5.41) is 14.3. The molecule has 5 heteroatoms. The number of piperazine rings is 1. The Morgan fingerprint density at radius 1 is 1.36 bits per heavy atom.